The van der Waals surface area contributed by atoms with E-state index in [0.717, 1.165) is 0 Å². The predicted molar refractivity (Wildman–Crippen MR) is 57.5 cm³/mol. The third-order valence-electron chi connectivity index (χ3n) is 2.01. The molecule has 0 aliphatic rings. The van der Waals surface area contributed by atoms with Gasteiger partial charge in [0.2, 0.25) is 0 Å². The standard InChI is InChI=1S/C10H14N2O4/c1-6-2-9(12-3-7(14)5-13)8(4-11-6)10(15)16/h2,4,7,13-14H,3,5H2,1H3,(H,11,12)(H,15,16). The maximum atomic E-state index is 10.9. The predicted octanol–water partition coefficient (Wildman–Crippen LogP) is -0.147. The summed E-state index contributed by atoms with van der Waals surface area (Å²) in [6.45, 7) is 1.44. The van der Waals surface area contributed by atoms with Gasteiger partial charge in [-0.25, -0.2) is 4.79 Å². The number of aromatic carboxylic acids is 1. The van der Waals surface area contributed by atoms with Gasteiger partial charge < -0.3 is 20.6 Å². The molecule has 1 heterocycles. The van der Waals surface area contributed by atoms with Gasteiger partial charge in [-0.2, -0.15) is 0 Å². The van der Waals surface area contributed by atoms with Crippen LogP contribution >= 0.6 is 0 Å². The number of aromatic nitrogens is 1. The van der Waals surface area contributed by atoms with Crippen LogP contribution in [0.5, 0.6) is 0 Å². The molecule has 0 amide bonds. The topological polar surface area (TPSA) is 103 Å². The lowest BCUT2D eigenvalue weighted by molar-refractivity contribution is 0.0697. The molecular weight excluding hydrogens is 212 g/mol. The number of carbonyl (C=O) groups is 1. The molecule has 4 N–H and O–H groups in total. The molecule has 6 heteroatoms. The van der Waals surface area contributed by atoms with Gasteiger partial charge in [-0.1, -0.05) is 0 Å². The minimum Gasteiger partial charge on any atom is -0.478 e. The molecule has 1 unspecified atom stereocenters. The van der Waals surface area contributed by atoms with Crippen molar-refractivity contribution in [2.24, 2.45) is 0 Å². The molecule has 0 aromatic carbocycles. The fourth-order valence-corrected chi connectivity index (χ4v) is 1.17. The van der Waals surface area contributed by atoms with Crippen LogP contribution < -0.4 is 5.32 Å². The van der Waals surface area contributed by atoms with E-state index >= 15 is 0 Å². The molecule has 0 radical (unpaired) electrons. The van der Waals surface area contributed by atoms with Crippen molar-refractivity contribution < 1.29 is 20.1 Å². The van der Waals surface area contributed by atoms with Crippen LogP contribution in [-0.4, -0.2) is 45.5 Å². The Morgan fingerprint density at radius 2 is 2.31 bits per heavy atom. The minimum absolute atomic E-state index is 0.0377. The van der Waals surface area contributed by atoms with Crippen molar-refractivity contribution in [1.29, 1.82) is 0 Å². The molecule has 16 heavy (non-hydrogen) atoms. The third kappa shape index (κ3) is 3.18. The molecule has 6 nitrogen and oxygen atoms in total. The Bertz CT molecular complexity index is 381. The van der Waals surface area contributed by atoms with Gasteiger partial charge in [0.1, 0.15) is 5.56 Å². The third-order valence-corrected chi connectivity index (χ3v) is 2.01. The highest BCUT2D eigenvalue weighted by atomic mass is 16.4. The molecule has 1 atom stereocenters. The first-order chi connectivity index (χ1) is 7.54. The fraction of sp³-hybridized carbons (Fsp3) is 0.400. The maximum Gasteiger partial charge on any atom is 0.339 e. The number of hydrogen-bond donors (Lipinski definition) is 4. The number of hydrogen-bond acceptors (Lipinski definition) is 5. The molecule has 1 aromatic rings. The van der Waals surface area contributed by atoms with Crippen molar-refractivity contribution in [3.05, 3.63) is 23.5 Å². The van der Waals surface area contributed by atoms with E-state index in [-0.39, 0.29) is 18.7 Å². The van der Waals surface area contributed by atoms with Crippen LogP contribution in [0, 0.1) is 6.92 Å². The van der Waals surface area contributed by atoms with Crippen LogP contribution in [0.2, 0.25) is 0 Å². The Morgan fingerprint density at radius 1 is 1.62 bits per heavy atom. The molecule has 1 aromatic heterocycles. The average molecular weight is 226 g/mol. The molecule has 0 aliphatic carbocycles. The molecule has 1 rings (SSSR count). The Balaban J connectivity index is 2.84. The molecule has 0 saturated heterocycles. The van der Waals surface area contributed by atoms with E-state index < -0.39 is 12.1 Å². The number of aryl methyl sites for hydroxylation is 1. The van der Waals surface area contributed by atoms with Gasteiger partial charge in [-0.3, -0.25) is 4.98 Å². The maximum absolute atomic E-state index is 10.9. The van der Waals surface area contributed by atoms with E-state index in [9.17, 15) is 4.79 Å². The second-order valence-corrected chi connectivity index (χ2v) is 3.39. The van der Waals surface area contributed by atoms with Crippen molar-refractivity contribution in [2.75, 3.05) is 18.5 Å². The molecule has 0 aliphatic heterocycles. The van der Waals surface area contributed by atoms with Gasteiger partial charge in [0.25, 0.3) is 0 Å². The summed E-state index contributed by atoms with van der Waals surface area (Å²) in [6.07, 6.45) is 0.334. The van der Waals surface area contributed by atoms with Gasteiger partial charge in [0.15, 0.2) is 0 Å². The molecule has 0 fully saturated rings. The zero-order chi connectivity index (χ0) is 12.1. The van der Waals surface area contributed by atoms with Crippen LogP contribution in [0.1, 0.15) is 16.1 Å². The number of pyridine rings is 1. The summed E-state index contributed by atoms with van der Waals surface area (Å²) >= 11 is 0. The lowest BCUT2D eigenvalue weighted by Crippen LogP contribution is -2.23. The zero-order valence-corrected chi connectivity index (χ0v) is 8.84. The summed E-state index contributed by atoms with van der Waals surface area (Å²) in [5.74, 6) is -1.09. The highest BCUT2D eigenvalue weighted by Crippen LogP contribution is 2.15. The van der Waals surface area contributed by atoms with E-state index in [1.54, 1.807) is 13.0 Å². The number of carboxylic acid groups (broad SMARTS) is 1. The van der Waals surface area contributed by atoms with Crippen molar-refractivity contribution in [3.63, 3.8) is 0 Å². The van der Waals surface area contributed by atoms with Gasteiger partial charge >= 0.3 is 5.97 Å². The second kappa shape index (κ2) is 5.43. The normalized spacial score (nSPS) is 12.2. The largest absolute Gasteiger partial charge is 0.478 e. The molecule has 0 spiro atoms. The Morgan fingerprint density at radius 3 is 2.88 bits per heavy atom. The lowest BCUT2D eigenvalue weighted by Gasteiger charge is -2.12. The first kappa shape index (κ1) is 12.4. The van der Waals surface area contributed by atoms with Gasteiger partial charge in [0.05, 0.1) is 18.4 Å². The first-order valence-electron chi connectivity index (χ1n) is 4.77. The molecule has 0 saturated carbocycles. The van der Waals surface area contributed by atoms with Gasteiger partial charge in [-0.15, -0.1) is 0 Å². The number of aliphatic hydroxyl groups excluding tert-OH is 2. The number of nitrogens with zero attached hydrogens (tertiary/aromatic N) is 1. The van der Waals surface area contributed by atoms with Crippen molar-refractivity contribution in [3.8, 4) is 0 Å². The number of nitrogens with one attached hydrogen (secondary N) is 1. The molecule has 0 bridgehead atoms. The number of rotatable bonds is 5. The minimum atomic E-state index is -1.09. The summed E-state index contributed by atoms with van der Waals surface area (Å²) in [5.41, 5.74) is 1.09. The Hall–Kier alpha value is -1.66. The van der Waals surface area contributed by atoms with Gasteiger partial charge in [-0.05, 0) is 13.0 Å². The Labute approximate surface area is 92.6 Å². The van der Waals surface area contributed by atoms with Crippen LogP contribution in [0.4, 0.5) is 5.69 Å². The van der Waals surface area contributed by atoms with E-state index in [4.69, 9.17) is 15.3 Å². The summed E-state index contributed by atoms with van der Waals surface area (Å²) in [4.78, 5) is 14.7. The summed E-state index contributed by atoms with van der Waals surface area (Å²) in [5, 5.41) is 29.4. The van der Waals surface area contributed by atoms with Crippen LogP contribution in [-0.2, 0) is 0 Å². The first-order valence-corrected chi connectivity index (χ1v) is 4.77. The van der Waals surface area contributed by atoms with Crippen molar-refractivity contribution in [2.45, 2.75) is 13.0 Å². The average Bonchev–Trinajstić information content (AvgIpc) is 2.25. The van der Waals surface area contributed by atoms with Crippen molar-refractivity contribution >= 4 is 11.7 Å². The highest BCUT2D eigenvalue weighted by molar-refractivity contribution is 5.93. The number of aliphatic hydroxyl groups is 2. The summed E-state index contributed by atoms with van der Waals surface area (Å²) < 4.78 is 0. The zero-order valence-electron chi connectivity index (χ0n) is 8.84. The number of carboxylic acids is 1. The van der Waals surface area contributed by atoms with Gasteiger partial charge in [0, 0.05) is 18.4 Å². The van der Waals surface area contributed by atoms with Crippen LogP contribution in [0.3, 0.4) is 0 Å². The monoisotopic (exact) mass is 226 g/mol. The van der Waals surface area contributed by atoms with Crippen LogP contribution in [0.25, 0.3) is 0 Å². The van der Waals surface area contributed by atoms with Crippen molar-refractivity contribution in [1.82, 2.24) is 4.98 Å². The quantitative estimate of drug-likeness (QED) is 0.557. The fourth-order valence-electron chi connectivity index (χ4n) is 1.17. The molecular formula is C10H14N2O4. The van der Waals surface area contributed by atoms with E-state index in [1.165, 1.54) is 6.20 Å². The lowest BCUT2D eigenvalue weighted by atomic mass is 10.2. The summed E-state index contributed by atoms with van der Waals surface area (Å²) in [7, 11) is 0. The molecule has 88 valence electrons. The number of anilines is 1. The van der Waals surface area contributed by atoms with E-state index in [0.29, 0.717) is 11.4 Å². The van der Waals surface area contributed by atoms with Crippen LogP contribution in [0.15, 0.2) is 12.3 Å². The summed E-state index contributed by atoms with van der Waals surface area (Å²) in [6, 6.07) is 1.58. The van der Waals surface area contributed by atoms with E-state index in [1.807, 2.05) is 0 Å². The second-order valence-electron chi connectivity index (χ2n) is 3.39. The SMILES string of the molecule is Cc1cc(NCC(O)CO)c(C(=O)O)cn1. The highest BCUT2D eigenvalue weighted by Gasteiger charge is 2.11. The Kier molecular flexibility index (Phi) is 4.21. The smallest absolute Gasteiger partial charge is 0.339 e. The van der Waals surface area contributed by atoms with E-state index in [2.05, 4.69) is 10.3 Å².